The van der Waals surface area contributed by atoms with Crippen molar-refractivity contribution in [3.63, 3.8) is 0 Å². The Kier molecular flexibility index (Phi) is 7.19. The van der Waals surface area contributed by atoms with E-state index in [1.165, 1.54) is 7.11 Å². The third-order valence-electron chi connectivity index (χ3n) is 6.62. The van der Waals surface area contributed by atoms with Crippen molar-refractivity contribution in [2.24, 2.45) is 0 Å². The molecular formula is C31H24F2N2O4. The van der Waals surface area contributed by atoms with E-state index in [0.29, 0.717) is 16.8 Å². The summed E-state index contributed by atoms with van der Waals surface area (Å²) < 4.78 is 39.0. The van der Waals surface area contributed by atoms with Gasteiger partial charge in [-0.05, 0) is 46.7 Å². The van der Waals surface area contributed by atoms with Gasteiger partial charge in [0.25, 0.3) is 5.91 Å². The van der Waals surface area contributed by atoms with Crippen molar-refractivity contribution in [2.75, 3.05) is 14.2 Å². The molecule has 0 aliphatic heterocycles. The van der Waals surface area contributed by atoms with Crippen LogP contribution in [0.1, 0.15) is 15.9 Å². The average Bonchev–Trinajstić information content (AvgIpc) is 2.95. The summed E-state index contributed by atoms with van der Waals surface area (Å²) in [4.78, 5) is 30.0. The van der Waals surface area contributed by atoms with Crippen molar-refractivity contribution >= 4 is 33.6 Å². The summed E-state index contributed by atoms with van der Waals surface area (Å²) in [5.41, 5.74) is 2.25. The monoisotopic (exact) mass is 526 g/mol. The Morgan fingerprint density at radius 2 is 1.59 bits per heavy atom. The van der Waals surface area contributed by atoms with Crippen LogP contribution in [0.5, 0.6) is 5.75 Å². The number of carbonyl (C=O) groups excluding carboxylic acids is 2. The number of carbonyl (C=O) groups is 2. The smallest absolute Gasteiger partial charge is 0.328 e. The lowest BCUT2D eigenvalue weighted by atomic mass is 9.93. The lowest BCUT2D eigenvalue weighted by Crippen LogP contribution is -2.43. The zero-order valence-corrected chi connectivity index (χ0v) is 21.2. The molecule has 4 aromatic carbocycles. The maximum absolute atomic E-state index is 14.2. The molecule has 0 saturated heterocycles. The average molecular weight is 527 g/mol. The first-order valence-electron chi connectivity index (χ1n) is 12.2. The molecule has 0 aliphatic rings. The van der Waals surface area contributed by atoms with Crippen molar-refractivity contribution in [1.82, 2.24) is 10.3 Å². The maximum atomic E-state index is 14.2. The molecule has 39 heavy (non-hydrogen) atoms. The van der Waals surface area contributed by atoms with E-state index in [-0.39, 0.29) is 6.42 Å². The Morgan fingerprint density at radius 3 is 2.28 bits per heavy atom. The highest BCUT2D eigenvalue weighted by molar-refractivity contribution is 6.01. The van der Waals surface area contributed by atoms with Crippen LogP contribution in [0.25, 0.3) is 32.8 Å². The second-order valence-corrected chi connectivity index (χ2v) is 8.92. The predicted octanol–water partition coefficient (Wildman–Crippen LogP) is 5.86. The van der Waals surface area contributed by atoms with Crippen LogP contribution in [0.4, 0.5) is 8.78 Å². The molecule has 0 unspecified atom stereocenters. The van der Waals surface area contributed by atoms with Gasteiger partial charge < -0.3 is 14.8 Å². The van der Waals surface area contributed by atoms with Gasteiger partial charge in [0.2, 0.25) is 0 Å². The van der Waals surface area contributed by atoms with Gasteiger partial charge in [-0.1, -0.05) is 48.5 Å². The molecule has 5 aromatic rings. The topological polar surface area (TPSA) is 77.5 Å². The molecule has 1 atom stereocenters. The van der Waals surface area contributed by atoms with Crippen LogP contribution in [0, 0.1) is 11.6 Å². The number of amides is 1. The van der Waals surface area contributed by atoms with E-state index in [1.807, 2.05) is 54.6 Å². The first-order chi connectivity index (χ1) is 18.9. The third-order valence-corrected chi connectivity index (χ3v) is 6.62. The number of methoxy groups -OCH3 is 2. The minimum absolute atomic E-state index is 0.00577. The van der Waals surface area contributed by atoms with Gasteiger partial charge in [-0.25, -0.2) is 13.6 Å². The largest absolute Gasteiger partial charge is 0.496 e. The maximum Gasteiger partial charge on any atom is 0.328 e. The van der Waals surface area contributed by atoms with Crippen molar-refractivity contribution in [3.05, 3.63) is 108 Å². The minimum Gasteiger partial charge on any atom is -0.496 e. The molecule has 1 amide bonds. The summed E-state index contributed by atoms with van der Waals surface area (Å²) in [6.07, 6.45) is 1.68. The summed E-state index contributed by atoms with van der Waals surface area (Å²) >= 11 is 0. The van der Waals surface area contributed by atoms with Gasteiger partial charge in [0, 0.05) is 29.1 Å². The second kappa shape index (κ2) is 10.9. The molecule has 0 spiro atoms. The van der Waals surface area contributed by atoms with E-state index in [1.54, 1.807) is 19.4 Å². The van der Waals surface area contributed by atoms with E-state index >= 15 is 0 Å². The molecular weight excluding hydrogens is 502 g/mol. The number of pyridine rings is 1. The summed E-state index contributed by atoms with van der Waals surface area (Å²) in [6, 6.07) is 21.2. The number of fused-ring (bicyclic) bond motifs is 2. The van der Waals surface area contributed by atoms with E-state index in [0.717, 1.165) is 45.5 Å². The highest BCUT2D eigenvalue weighted by Gasteiger charge is 2.27. The van der Waals surface area contributed by atoms with E-state index in [4.69, 9.17) is 9.47 Å². The number of aromatic nitrogens is 1. The van der Waals surface area contributed by atoms with E-state index in [2.05, 4.69) is 10.3 Å². The van der Waals surface area contributed by atoms with Crippen LogP contribution in [0.3, 0.4) is 0 Å². The molecule has 0 aliphatic carbocycles. The molecule has 196 valence electrons. The highest BCUT2D eigenvalue weighted by atomic mass is 19.1. The zero-order valence-electron chi connectivity index (χ0n) is 21.2. The number of ether oxygens (including phenoxy) is 2. The van der Waals surface area contributed by atoms with Crippen LogP contribution in [0.2, 0.25) is 0 Å². The fourth-order valence-corrected chi connectivity index (χ4v) is 4.73. The summed E-state index contributed by atoms with van der Waals surface area (Å²) in [7, 11) is 2.79. The number of esters is 1. The summed E-state index contributed by atoms with van der Waals surface area (Å²) in [5.74, 6) is -3.18. The van der Waals surface area contributed by atoms with Crippen LogP contribution in [-0.2, 0) is 16.0 Å². The minimum atomic E-state index is -1.20. The Morgan fingerprint density at radius 1 is 0.872 bits per heavy atom. The SMILES string of the molecule is COC(=O)[C@H](Cc1ccc(-c2cc3ccccc3cc2OC)c2ncccc12)NC(=O)c1c(F)cccc1F. The van der Waals surface area contributed by atoms with Gasteiger partial charge in [0.15, 0.2) is 0 Å². The number of nitrogens with one attached hydrogen (secondary N) is 1. The summed E-state index contributed by atoms with van der Waals surface area (Å²) in [5, 5.41) is 5.25. The molecule has 0 fully saturated rings. The standard InChI is InChI=1S/C31H24F2N2O4/c1-38-27-17-19-8-4-3-7-18(19)15-23(27)22-13-12-20(21-9-6-14-34-29(21)22)16-26(31(37)39-2)35-30(36)28-24(32)10-5-11-25(28)33/h3-15,17,26H,16H2,1-2H3,(H,35,36)/t26-/m0/s1. The van der Waals surface area contributed by atoms with Crippen molar-refractivity contribution in [3.8, 4) is 16.9 Å². The van der Waals surface area contributed by atoms with Crippen LogP contribution in [-0.4, -0.2) is 37.1 Å². The highest BCUT2D eigenvalue weighted by Crippen LogP contribution is 2.38. The van der Waals surface area contributed by atoms with Gasteiger partial charge >= 0.3 is 5.97 Å². The molecule has 0 saturated carbocycles. The van der Waals surface area contributed by atoms with E-state index < -0.39 is 35.1 Å². The van der Waals surface area contributed by atoms with Crippen LogP contribution >= 0.6 is 0 Å². The number of rotatable bonds is 7. The Hall–Kier alpha value is -4.85. The van der Waals surface area contributed by atoms with Crippen molar-refractivity contribution < 1.29 is 27.8 Å². The van der Waals surface area contributed by atoms with E-state index in [9.17, 15) is 18.4 Å². The van der Waals surface area contributed by atoms with Gasteiger partial charge in [0.05, 0.1) is 19.7 Å². The molecule has 0 bridgehead atoms. The molecule has 1 N–H and O–H groups in total. The first kappa shape index (κ1) is 25.8. The Bertz CT molecular complexity index is 1700. The van der Waals surface area contributed by atoms with Gasteiger partial charge in [0.1, 0.15) is 29.0 Å². The number of hydrogen-bond donors (Lipinski definition) is 1. The Labute approximate surface area is 223 Å². The second-order valence-electron chi connectivity index (χ2n) is 8.92. The third kappa shape index (κ3) is 5.01. The van der Waals surface area contributed by atoms with Crippen LogP contribution in [0.15, 0.2) is 85.1 Å². The van der Waals surface area contributed by atoms with Gasteiger partial charge in [-0.15, -0.1) is 0 Å². The quantitative estimate of drug-likeness (QED) is 0.269. The predicted molar refractivity (Wildman–Crippen MR) is 145 cm³/mol. The zero-order chi connectivity index (χ0) is 27.5. The molecule has 5 rings (SSSR count). The van der Waals surface area contributed by atoms with Crippen molar-refractivity contribution in [2.45, 2.75) is 12.5 Å². The van der Waals surface area contributed by atoms with Gasteiger partial charge in [-0.2, -0.15) is 0 Å². The number of hydrogen-bond acceptors (Lipinski definition) is 5. The molecule has 1 heterocycles. The first-order valence-corrected chi connectivity index (χ1v) is 12.2. The Balaban J connectivity index is 1.55. The van der Waals surface area contributed by atoms with Gasteiger partial charge in [-0.3, -0.25) is 9.78 Å². The fraction of sp³-hybridized carbons (Fsp3) is 0.129. The van der Waals surface area contributed by atoms with Crippen LogP contribution < -0.4 is 10.1 Å². The number of benzene rings is 4. The number of nitrogens with zero attached hydrogens (tertiary/aromatic N) is 1. The fourth-order valence-electron chi connectivity index (χ4n) is 4.73. The molecule has 8 heteroatoms. The molecule has 1 aromatic heterocycles. The normalized spacial score (nSPS) is 11.8. The lowest BCUT2D eigenvalue weighted by molar-refractivity contribution is -0.142. The molecule has 6 nitrogen and oxygen atoms in total. The lowest BCUT2D eigenvalue weighted by Gasteiger charge is -2.19. The molecule has 0 radical (unpaired) electrons. The summed E-state index contributed by atoms with van der Waals surface area (Å²) in [6.45, 7) is 0. The van der Waals surface area contributed by atoms with Crippen molar-refractivity contribution in [1.29, 1.82) is 0 Å². The number of halogens is 2.